The zero-order valence-electron chi connectivity index (χ0n) is 21.3. The van der Waals surface area contributed by atoms with E-state index in [1.807, 2.05) is 48.5 Å². The average molecular weight is 519 g/mol. The first-order valence-electron chi connectivity index (χ1n) is 12.2. The van der Waals surface area contributed by atoms with Gasteiger partial charge in [-0.1, -0.05) is 48.5 Å². The number of ether oxygens (including phenoxy) is 4. The monoisotopic (exact) mass is 518 g/mol. The van der Waals surface area contributed by atoms with Gasteiger partial charge in [0.25, 0.3) is 0 Å². The Morgan fingerprint density at radius 1 is 0.868 bits per heavy atom. The quantitative estimate of drug-likeness (QED) is 0.369. The van der Waals surface area contributed by atoms with Gasteiger partial charge in [-0.15, -0.1) is 0 Å². The molecule has 1 aliphatic carbocycles. The van der Waals surface area contributed by atoms with Crippen LogP contribution in [0.3, 0.4) is 0 Å². The van der Waals surface area contributed by atoms with E-state index in [-0.39, 0.29) is 32.0 Å². The first-order valence-corrected chi connectivity index (χ1v) is 12.2. The van der Waals surface area contributed by atoms with Crippen molar-refractivity contribution in [3.8, 4) is 22.6 Å². The van der Waals surface area contributed by atoms with E-state index in [0.29, 0.717) is 17.1 Å². The molecule has 0 unspecified atom stereocenters. The number of fused-ring (bicyclic) bond motifs is 3. The third kappa shape index (κ3) is 6.23. The normalized spacial score (nSPS) is 12.6. The predicted molar refractivity (Wildman–Crippen MR) is 140 cm³/mol. The molecule has 9 heteroatoms. The standard InChI is InChI=1S/C29H30N2O7/c1-35-19-13-18(14-20(15-19)36-2)16-37-28(33)26(11-12-27(30)32)31-29(34)38-17-25-23-9-5-3-7-21(23)22-8-4-6-10-24(22)25/h3-10,13-15,25-26H,11-12,16-17H2,1-2H3,(H2,30,32)(H,31,34)/t26-/m0/s1. The maximum atomic E-state index is 12.9. The Kier molecular flexibility index (Phi) is 8.47. The highest BCUT2D eigenvalue weighted by atomic mass is 16.6. The Morgan fingerprint density at radius 2 is 1.45 bits per heavy atom. The van der Waals surface area contributed by atoms with Gasteiger partial charge in [0.05, 0.1) is 14.2 Å². The van der Waals surface area contributed by atoms with Crippen molar-refractivity contribution in [3.63, 3.8) is 0 Å². The molecule has 0 bridgehead atoms. The number of methoxy groups -OCH3 is 2. The number of rotatable bonds is 11. The van der Waals surface area contributed by atoms with Gasteiger partial charge in [0, 0.05) is 18.4 Å². The van der Waals surface area contributed by atoms with Crippen molar-refractivity contribution in [3.05, 3.63) is 83.4 Å². The number of carbonyl (C=O) groups excluding carboxylic acids is 3. The van der Waals surface area contributed by atoms with Crippen molar-refractivity contribution in [2.45, 2.75) is 31.4 Å². The van der Waals surface area contributed by atoms with Crippen LogP contribution in [0.4, 0.5) is 4.79 Å². The lowest BCUT2D eigenvalue weighted by Crippen LogP contribution is -2.43. The van der Waals surface area contributed by atoms with Crippen molar-refractivity contribution in [1.29, 1.82) is 0 Å². The average Bonchev–Trinajstić information content (AvgIpc) is 3.26. The number of amides is 2. The molecule has 0 spiro atoms. The van der Waals surface area contributed by atoms with Crippen molar-refractivity contribution >= 4 is 18.0 Å². The molecule has 1 aliphatic rings. The van der Waals surface area contributed by atoms with Gasteiger partial charge in [0.2, 0.25) is 5.91 Å². The van der Waals surface area contributed by atoms with E-state index < -0.39 is 24.0 Å². The zero-order chi connectivity index (χ0) is 27.1. The molecule has 0 radical (unpaired) electrons. The summed E-state index contributed by atoms with van der Waals surface area (Å²) in [7, 11) is 3.03. The van der Waals surface area contributed by atoms with E-state index in [9.17, 15) is 14.4 Å². The van der Waals surface area contributed by atoms with Gasteiger partial charge >= 0.3 is 12.1 Å². The smallest absolute Gasteiger partial charge is 0.407 e. The number of hydrogen-bond acceptors (Lipinski definition) is 7. The number of nitrogens with two attached hydrogens (primary N) is 1. The van der Waals surface area contributed by atoms with Gasteiger partial charge in [-0.2, -0.15) is 0 Å². The first-order chi connectivity index (χ1) is 18.4. The fourth-order valence-electron chi connectivity index (χ4n) is 4.52. The summed E-state index contributed by atoms with van der Waals surface area (Å²) in [6, 6.07) is 19.9. The van der Waals surface area contributed by atoms with Gasteiger partial charge in [0.1, 0.15) is 30.8 Å². The molecule has 0 saturated heterocycles. The van der Waals surface area contributed by atoms with E-state index in [1.54, 1.807) is 18.2 Å². The summed E-state index contributed by atoms with van der Waals surface area (Å²) in [4.78, 5) is 37.0. The third-order valence-corrected chi connectivity index (χ3v) is 6.39. The zero-order valence-corrected chi connectivity index (χ0v) is 21.3. The van der Waals surface area contributed by atoms with Crippen LogP contribution in [0, 0.1) is 0 Å². The maximum Gasteiger partial charge on any atom is 0.407 e. The van der Waals surface area contributed by atoms with Crippen LogP contribution in [0.15, 0.2) is 66.7 Å². The molecule has 0 saturated carbocycles. The second-order valence-electron chi connectivity index (χ2n) is 8.86. The molecule has 2 amide bonds. The minimum Gasteiger partial charge on any atom is -0.497 e. The summed E-state index contributed by atoms with van der Waals surface area (Å²) in [5.74, 6) is -0.377. The second-order valence-corrected chi connectivity index (χ2v) is 8.86. The highest BCUT2D eigenvalue weighted by Gasteiger charge is 2.30. The van der Waals surface area contributed by atoms with Gasteiger partial charge in [-0.05, 0) is 46.4 Å². The van der Waals surface area contributed by atoms with E-state index in [2.05, 4.69) is 5.32 Å². The van der Waals surface area contributed by atoms with Crippen LogP contribution in [0.2, 0.25) is 0 Å². The van der Waals surface area contributed by atoms with Crippen LogP contribution >= 0.6 is 0 Å². The number of hydrogen-bond donors (Lipinski definition) is 2. The summed E-state index contributed by atoms with van der Waals surface area (Å²) in [6.45, 7) is -0.00706. The van der Waals surface area contributed by atoms with Gasteiger partial charge in [-0.25, -0.2) is 9.59 Å². The number of carbonyl (C=O) groups is 3. The molecule has 3 N–H and O–H groups in total. The lowest BCUT2D eigenvalue weighted by Gasteiger charge is -2.19. The van der Waals surface area contributed by atoms with Gasteiger partial charge in [0.15, 0.2) is 0 Å². The molecule has 4 rings (SSSR count). The first kappa shape index (κ1) is 26.5. The van der Waals surface area contributed by atoms with Crippen molar-refractivity contribution < 1.29 is 33.3 Å². The molecular weight excluding hydrogens is 488 g/mol. The lowest BCUT2D eigenvalue weighted by atomic mass is 9.98. The minimum absolute atomic E-state index is 0.0280. The number of primary amides is 1. The minimum atomic E-state index is -1.12. The van der Waals surface area contributed by atoms with Crippen LogP contribution in [-0.4, -0.2) is 44.8 Å². The maximum absolute atomic E-state index is 12.9. The largest absolute Gasteiger partial charge is 0.497 e. The number of esters is 1. The Morgan fingerprint density at radius 3 is 2.00 bits per heavy atom. The van der Waals surface area contributed by atoms with Gasteiger partial charge in [-0.3, -0.25) is 4.79 Å². The summed E-state index contributed by atoms with van der Waals surface area (Å²) in [6.07, 6.45) is -0.933. The molecular formula is C29H30N2O7. The van der Waals surface area contributed by atoms with E-state index in [4.69, 9.17) is 24.7 Å². The molecule has 3 aromatic rings. The highest BCUT2D eigenvalue weighted by Crippen LogP contribution is 2.44. The van der Waals surface area contributed by atoms with Crippen LogP contribution < -0.4 is 20.5 Å². The van der Waals surface area contributed by atoms with E-state index >= 15 is 0 Å². The van der Waals surface area contributed by atoms with E-state index in [1.165, 1.54) is 14.2 Å². The Balaban J connectivity index is 1.40. The molecule has 0 fully saturated rings. The number of alkyl carbamates (subject to hydrolysis) is 1. The Bertz CT molecular complexity index is 1260. The Hall–Kier alpha value is -4.53. The lowest BCUT2D eigenvalue weighted by molar-refractivity contribution is -0.147. The summed E-state index contributed by atoms with van der Waals surface area (Å²) >= 11 is 0. The number of benzene rings is 3. The molecule has 9 nitrogen and oxygen atoms in total. The van der Waals surface area contributed by atoms with Crippen molar-refractivity contribution in [2.75, 3.05) is 20.8 Å². The van der Waals surface area contributed by atoms with Crippen LogP contribution in [0.5, 0.6) is 11.5 Å². The third-order valence-electron chi connectivity index (χ3n) is 6.39. The summed E-state index contributed by atoms with van der Waals surface area (Å²) in [5.41, 5.74) is 10.2. The molecule has 1 atom stereocenters. The molecule has 0 heterocycles. The predicted octanol–water partition coefficient (Wildman–Crippen LogP) is 3.92. The second kappa shape index (κ2) is 12.1. The summed E-state index contributed by atoms with van der Waals surface area (Å²) in [5, 5.41) is 2.53. The van der Waals surface area contributed by atoms with Crippen LogP contribution in [0.25, 0.3) is 11.1 Å². The van der Waals surface area contributed by atoms with E-state index in [0.717, 1.165) is 22.3 Å². The highest BCUT2D eigenvalue weighted by molar-refractivity contribution is 5.83. The molecule has 0 aromatic heterocycles. The molecule has 38 heavy (non-hydrogen) atoms. The fourth-order valence-corrected chi connectivity index (χ4v) is 4.52. The van der Waals surface area contributed by atoms with Crippen molar-refractivity contribution in [2.24, 2.45) is 5.73 Å². The summed E-state index contributed by atoms with van der Waals surface area (Å²) < 4.78 is 21.4. The van der Waals surface area contributed by atoms with Gasteiger partial charge < -0.3 is 30.0 Å². The Labute approximate surface area is 220 Å². The van der Waals surface area contributed by atoms with Crippen LogP contribution in [-0.2, 0) is 25.7 Å². The number of nitrogens with one attached hydrogen (secondary N) is 1. The molecule has 198 valence electrons. The fraction of sp³-hybridized carbons (Fsp3) is 0.276. The molecule has 3 aromatic carbocycles. The molecule has 0 aliphatic heterocycles. The van der Waals surface area contributed by atoms with Crippen molar-refractivity contribution in [1.82, 2.24) is 5.32 Å². The SMILES string of the molecule is COc1cc(COC(=O)[C@H](CCC(N)=O)NC(=O)OCC2c3ccccc3-c3ccccc32)cc(OC)c1. The van der Waals surface area contributed by atoms with Crippen LogP contribution in [0.1, 0.15) is 35.4 Å². The topological polar surface area (TPSA) is 126 Å².